The lowest BCUT2D eigenvalue weighted by molar-refractivity contribution is 0.785. The maximum Gasteiger partial charge on any atom is 0.143 e. The molecular weight excluding hydrogens is 258 g/mol. The summed E-state index contributed by atoms with van der Waals surface area (Å²) < 4.78 is 1.68. The highest BCUT2D eigenvalue weighted by molar-refractivity contribution is 7.98. The molecule has 1 heterocycles. The monoisotopic (exact) mass is 277 g/mol. The van der Waals surface area contributed by atoms with E-state index < -0.39 is 0 Å². The maximum atomic E-state index is 3.91. The summed E-state index contributed by atoms with van der Waals surface area (Å²) in [5.41, 5.74) is 3.32. The summed E-state index contributed by atoms with van der Waals surface area (Å²) in [5, 5.41) is 14.7. The number of aromatic nitrogens is 4. The zero-order valence-electron chi connectivity index (χ0n) is 11.3. The Balaban J connectivity index is 1.92. The van der Waals surface area contributed by atoms with E-state index >= 15 is 0 Å². The summed E-state index contributed by atoms with van der Waals surface area (Å²) in [4.78, 5) is 0. The molecule has 102 valence electrons. The summed E-state index contributed by atoms with van der Waals surface area (Å²) in [7, 11) is 0. The second kappa shape index (κ2) is 7.13. The Labute approximate surface area is 117 Å². The van der Waals surface area contributed by atoms with Gasteiger partial charge >= 0.3 is 0 Å². The molecule has 0 aliphatic rings. The minimum Gasteiger partial charge on any atom is -0.385 e. The Kier molecular flexibility index (Phi) is 5.20. The minimum atomic E-state index is 1.01. The maximum absolute atomic E-state index is 3.91. The van der Waals surface area contributed by atoms with Gasteiger partial charge in [-0.3, -0.25) is 0 Å². The highest BCUT2D eigenvalue weighted by Gasteiger charge is 2.03. The number of anilines is 1. The zero-order valence-corrected chi connectivity index (χ0v) is 12.2. The second-order valence-corrected chi connectivity index (χ2v) is 5.37. The lowest BCUT2D eigenvalue weighted by Crippen LogP contribution is -2.04. The summed E-state index contributed by atoms with van der Waals surface area (Å²) in [6.07, 6.45) is 6.22. The fourth-order valence-electron chi connectivity index (χ4n) is 1.90. The first-order valence-corrected chi connectivity index (χ1v) is 7.77. The average molecular weight is 277 g/mol. The van der Waals surface area contributed by atoms with Gasteiger partial charge in [-0.1, -0.05) is 0 Å². The molecule has 0 spiro atoms. The minimum absolute atomic E-state index is 1.01. The lowest BCUT2D eigenvalue weighted by atomic mass is 10.1. The number of nitrogens with one attached hydrogen (secondary N) is 1. The molecule has 0 amide bonds. The van der Waals surface area contributed by atoms with Crippen molar-refractivity contribution in [1.82, 2.24) is 20.2 Å². The molecule has 0 aliphatic carbocycles. The molecule has 5 nitrogen and oxygen atoms in total. The molecule has 6 heteroatoms. The number of unbranched alkanes of at least 4 members (excludes halogenated alkanes) is 1. The van der Waals surface area contributed by atoms with E-state index in [2.05, 4.69) is 46.2 Å². The molecule has 19 heavy (non-hydrogen) atoms. The van der Waals surface area contributed by atoms with Crippen molar-refractivity contribution >= 4 is 17.4 Å². The number of nitrogens with zero attached hydrogens (tertiary/aromatic N) is 4. The molecule has 0 saturated heterocycles. The van der Waals surface area contributed by atoms with Gasteiger partial charge in [-0.2, -0.15) is 11.8 Å². The number of aryl methyl sites for hydroxylation is 1. The molecule has 1 aromatic heterocycles. The van der Waals surface area contributed by atoms with Gasteiger partial charge in [-0.15, -0.1) is 5.10 Å². The van der Waals surface area contributed by atoms with Gasteiger partial charge in [-0.05, 0) is 66.0 Å². The van der Waals surface area contributed by atoms with Crippen LogP contribution in [0.1, 0.15) is 18.4 Å². The predicted molar refractivity (Wildman–Crippen MR) is 80.0 cm³/mol. The van der Waals surface area contributed by atoms with Gasteiger partial charge in [0.2, 0.25) is 0 Å². The third-order valence-corrected chi connectivity index (χ3v) is 3.59. The van der Waals surface area contributed by atoms with E-state index in [0.29, 0.717) is 0 Å². The molecule has 0 bridgehead atoms. The van der Waals surface area contributed by atoms with Crippen molar-refractivity contribution < 1.29 is 0 Å². The third kappa shape index (κ3) is 3.96. The van der Waals surface area contributed by atoms with Crippen LogP contribution in [0.5, 0.6) is 0 Å². The number of tetrazole rings is 1. The number of benzene rings is 1. The van der Waals surface area contributed by atoms with Gasteiger partial charge in [0.1, 0.15) is 6.33 Å². The first kappa shape index (κ1) is 13.9. The normalized spacial score (nSPS) is 10.6. The zero-order chi connectivity index (χ0) is 13.5. The Morgan fingerprint density at radius 2 is 2.21 bits per heavy atom. The molecular formula is C13H19N5S. The molecule has 0 fully saturated rings. The largest absolute Gasteiger partial charge is 0.385 e. The van der Waals surface area contributed by atoms with Crippen molar-refractivity contribution in [3.05, 3.63) is 30.1 Å². The SMILES string of the molecule is CSCCCCNc1ccc(-n2cnnn2)c(C)c1. The standard InChI is InChI=1S/C13H19N5S/c1-11-9-12(14-7-3-4-8-19-2)5-6-13(11)18-10-15-16-17-18/h5-6,9-10,14H,3-4,7-8H2,1-2H3. The van der Waals surface area contributed by atoms with Gasteiger partial charge in [0.15, 0.2) is 0 Å². The van der Waals surface area contributed by atoms with Gasteiger partial charge < -0.3 is 5.32 Å². The fraction of sp³-hybridized carbons (Fsp3) is 0.462. The molecule has 2 rings (SSSR count). The van der Waals surface area contributed by atoms with Crippen molar-refractivity contribution in [2.75, 3.05) is 23.9 Å². The first-order chi connectivity index (χ1) is 9.31. The summed E-state index contributed by atoms with van der Waals surface area (Å²) in [5.74, 6) is 1.24. The summed E-state index contributed by atoms with van der Waals surface area (Å²) >= 11 is 1.90. The Morgan fingerprint density at radius 1 is 1.32 bits per heavy atom. The number of hydrogen-bond donors (Lipinski definition) is 1. The van der Waals surface area contributed by atoms with E-state index in [1.807, 2.05) is 17.8 Å². The molecule has 0 unspecified atom stereocenters. The smallest absolute Gasteiger partial charge is 0.143 e. The van der Waals surface area contributed by atoms with Crippen LogP contribution < -0.4 is 5.32 Å². The Bertz CT molecular complexity index is 498. The van der Waals surface area contributed by atoms with Crippen LogP contribution in [0.2, 0.25) is 0 Å². The van der Waals surface area contributed by atoms with Crippen molar-refractivity contribution in [2.24, 2.45) is 0 Å². The van der Waals surface area contributed by atoms with Crippen LogP contribution in [0.3, 0.4) is 0 Å². The van der Waals surface area contributed by atoms with Gasteiger partial charge in [0.25, 0.3) is 0 Å². The molecule has 2 aromatic rings. The average Bonchev–Trinajstić information content (AvgIpc) is 2.92. The number of hydrogen-bond acceptors (Lipinski definition) is 5. The van der Waals surface area contributed by atoms with E-state index in [1.165, 1.54) is 18.6 Å². The second-order valence-electron chi connectivity index (χ2n) is 4.38. The molecule has 0 aliphatic heterocycles. The molecule has 0 atom stereocenters. The Morgan fingerprint density at radius 3 is 2.89 bits per heavy atom. The van der Waals surface area contributed by atoms with Crippen LogP contribution in [0.25, 0.3) is 5.69 Å². The highest BCUT2D eigenvalue weighted by Crippen LogP contribution is 2.17. The van der Waals surface area contributed by atoms with Crippen LogP contribution in [0, 0.1) is 6.92 Å². The van der Waals surface area contributed by atoms with E-state index in [9.17, 15) is 0 Å². The predicted octanol–water partition coefficient (Wildman–Crippen LogP) is 2.53. The number of thioether (sulfide) groups is 1. The van der Waals surface area contributed by atoms with Crippen molar-refractivity contribution in [3.8, 4) is 5.69 Å². The fourth-order valence-corrected chi connectivity index (χ4v) is 2.39. The topological polar surface area (TPSA) is 55.6 Å². The molecule has 0 radical (unpaired) electrons. The first-order valence-electron chi connectivity index (χ1n) is 6.38. The summed E-state index contributed by atoms with van der Waals surface area (Å²) in [6, 6.07) is 6.24. The van der Waals surface area contributed by atoms with Crippen LogP contribution in [0.15, 0.2) is 24.5 Å². The van der Waals surface area contributed by atoms with Crippen molar-refractivity contribution in [2.45, 2.75) is 19.8 Å². The molecule has 0 saturated carbocycles. The van der Waals surface area contributed by atoms with E-state index in [-0.39, 0.29) is 0 Å². The van der Waals surface area contributed by atoms with E-state index in [1.54, 1.807) is 11.0 Å². The Hall–Kier alpha value is -1.56. The van der Waals surface area contributed by atoms with Gasteiger partial charge in [0.05, 0.1) is 5.69 Å². The van der Waals surface area contributed by atoms with Gasteiger partial charge in [-0.25, -0.2) is 4.68 Å². The summed E-state index contributed by atoms with van der Waals surface area (Å²) in [6.45, 7) is 3.08. The highest BCUT2D eigenvalue weighted by atomic mass is 32.2. The number of rotatable bonds is 7. The van der Waals surface area contributed by atoms with Gasteiger partial charge in [0, 0.05) is 12.2 Å². The quantitative estimate of drug-likeness (QED) is 0.788. The third-order valence-electron chi connectivity index (χ3n) is 2.90. The lowest BCUT2D eigenvalue weighted by Gasteiger charge is -2.09. The van der Waals surface area contributed by atoms with Crippen molar-refractivity contribution in [3.63, 3.8) is 0 Å². The van der Waals surface area contributed by atoms with E-state index in [0.717, 1.165) is 23.5 Å². The van der Waals surface area contributed by atoms with Crippen LogP contribution in [-0.2, 0) is 0 Å². The van der Waals surface area contributed by atoms with Crippen molar-refractivity contribution in [1.29, 1.82) is 0 Å². The van der Waals surface area contributed by atoms with E-state index in [4.69, 9.17) is 0 Å². The van der Waals surface area contributed by atoms with Crippen LogP contribution in [-0.4, -0.2) is 38.8 Å². The van der Waals surface area contributed by atoms with Crippen LogP contribution >= 0.6 is 11.8 Å². The molecule has 1 aromatic carbocycles. The van der Waals surface area contributed by atoms with Crippen LogP contribution in [0.4, 0.5) is 5.69 Å². The molecule has 1 N–H and O–H groups in total.